The molecule has 6 heteroatoms. The van der Waals surface area contributed by atoms with Crippen molar-refractivity contribution >= 4 is 5.91 Å². The highest BCUT2D eigenvalue weighted by molar-refractivity contribution is 5.98. The van der Waals surface area contributed by atoms with Crippen LogP contribution in [-0.4, -0.2) is 29.2 Å². The van der Waals surface area contributed by atoms with Crippen LogP contribution in [0.5, 0.6) is 0 Å². The molecule has 1 aliphatic rings. The van der Waals surface area contributed by atoms with Crippen LogP contribution in [0.2, 0.25) is 0 Å². The second-order valence-corrected chi connectivity index (χ2v) is 5.73. The number of hydrogen-bond donors (Lipinski definition) is 1. The van der Waals surface area contributed by atoms with Crippen LogP contribution >= 0.6 is 0 Å². The van der Waals surface area contributed by atoms with Crippen molar-refractivity contribution in [3.05, 3.63) is 41.4 Å². The molecule has 120 valence electrons. The highest BCUT2D eigenvalue weighted by atomic mass is 16.5. The topological polar surface area (TPSA) is 80.2 Å². The first-order chi connectivity index (χ1) is 11.1. The highest BCUT2D eigenvalue weighted by Gasteiger charge is 2.28. The van der Waals surface area contributed by atoms with E-state index in [-0.39, 0.29) is 23.6 Å². The number of aryl methyl sites for hydroxylation is 1. The summed E-state index contributed by atoms with van der Waals surface area (Å²) >= 11 is 0. The van der Waals surface area contributed by atoms with Gasteiger partial charge >= 0.3 is 0 Å². The molecule has 0 aromatic carbocycles. The average molecular weight is 313 g/mol. The van der Waals surface area contributed by atoms with E-state index in [2.05, 4.69) is 11.4 Å². The summed E-state index contributed by atoms with van der Waals surface area (Å²) in [4.78, 5) is 12.6. The lowest BCUT2D eigenvalue weighted by molar-refractivity contribution is 0.0711. The summed E-state index contributed by atoms with van der Waals surface area (Å²) in [5.41, 5.74) is 0.539. The van der Waals surface area contributed by atoms with Gasteiger partial charge in [0.25, 0.3) is 5.91 Å². The number of rotatable bonds is 4. The zero-order valence-corrected chi connectivity index (χ0v) is 13.2. The van der Waals surface area contributed by atoms with Crippen LogP contribution in [0.15, 0.2) is 28.9 Å². The van der Waals surface area contributed by atoms with Crippen molar-refractivity contribution < 1.29 is 13.9 Å². The summed E-state index contributed by atoms with van der Waals surface area (Å²) in [5, 5.41) is 12.4. The van der Waals surface area contributed by atoms with Gasteiger partial charge in [0.15, 0.2) is 0 Å². The Morgan fingerprint density at radius 3 is 2.83 bits per heavy atom. The number of nitriles is 1. The van der Waals surface area contributed by atoms with Crippen molar-refractivity contribution in [1.29, 1.82) is 5.26 Å². The summed E-state index contributed by atoms with van der Waals surface area (Å²) in [6.45, 7) is 4.35. The van der Waals surface area contributed by atoms with E-state index in [9.17, 15) is 10.1 Å². The molecule has 2 aromatic heterocycles. The summed E-state index contributed by atoms with van der Waals surface area (Å²) in [7, 11) is 0. The van der Waals surface area contributed by atoms with E-state index < -0.39 is 0 Å². The van der Waals surface area contributed by atoms with E-state index in [0.29, 0.717) is 17.2 Å². The first-order valence-electron chi connectivity index (χ1n) is 7.71. The van der Waals surface area contributed by atoms with Crippen LogP contribution in [0.1, 0.15) is 41.4 Å². The van der Waals surface area contributed by atoms with E-state index in [1.54, 1.807) is 23.9 Å². The SMILES string of the molecule is Cc1oc(-n2cccc2)c(C#N)c1C(=O)NC(C)C1CCCO1. The number of furan rings is 1. The maximum Gasteiger partial charge on any atom is 0.256 e. The van der Waals surface area contributed by atoms with E-state index in [4.69, 9.17) is 9.15 Å². The van der Waals surface area contributed by atoms with Crippen molar-refractivity contribution in [1.82, 2.24) is 9.88 Å². The molecule has 1 N–H and O–H groups in total. The lowest BCUT2D eigenvalue weighted by atomic mass is 10.1. The molecule has 0 bridgehead atoms. The molecule has 1 aliphatic heterocycles. The third-order valence-corrected chi connectivity index (χ3v) is 4.12. The third-order valence-electron chi connectivity index (χ3n) is 4.12. The van der Waals surface area contributed by atoms with E-state index in [1.807, 2.05) is 19.1 Å². The smallest absolute Gasteiger partial charge is 0.256 e. The first-order valence-corrected chi connectivity index (χ1v) is 7.71. The Labute approximate surface area is 134 Å². The summed E-state index contributed by atoms with van der Waals surface area (Å²) in [6, 6.07) is 5.64. The third kappa shape index (κ3) is 2.88. The number of nitrogens with one attached hydrogen (secondary N) is 1. The van der Waals surface area contributed by atoms with Gasteiger partial charge < -0.3 is 14.5 Å². The second kappa shape index (κ2) is 6.31. The van der Waals surface area contributed by atoms with Crippen LogP contribution in [0.3, 0.4) is 0 Å². The monoisotopic (exact) mass is 313 g/mol. The Morgan fingerprint density at radius 1 is 1.48 bits per heavy atom. The summed E-state index contributed by atoms with van der Waals surface area (Å²) in [6.07, 6.45) is 5.52. The molecule has 0 aliphatic carbocycles. The zero-order chi connectivity index (χ0) is 16.4. The molecule has 23 heavy (non-hydrogen) atoms. The predicted octanol–water partition coefficient (Wildman–Crippen LogP) is 2.55. The molecule has 2 aromatic rings. The van der Waals surface area contributed by atoms with Gasteiger partial charge in [-0.3, -0.25) is 9.36 Å². The van der Waals surface area contributed by atoms with Gasteiger partial charge in [-0.25, -0.2) is 0 Å². The molecular formula is C17H19N3O3. The average Bonchev–Trinajstić information content (AvgIpc) is 3.27. The Morgan fingerprint density at radius 2 is 2.22 bits per heavy atom. The molecule has 0 radical (unpaired) electrons. The van der Waals surface area contributed by atoms with Crippen molar-refractivity contribution in [2.24, 2.45) is 0 Å². The maximum absolute atomic E-state index is 12.6. The normalized spacial score (nSPS) is 18.6. The molecule has 2 atom stereocenters. The molecule has 2 unspecified atom stereocenters. The minimum Gasteiger partial charge on any atom is -0.443 e. The largest absolute Gasteiger partial charge is 0.443 e. The van der Waals surface area contributed by atoms with Crippen molar-refractivity contribution in [2.45, 2.75) is 38.8 Å². The van der Waals surface area contributed by atoms with Crippen LogP contribution in [0, 0.1) is 18.3 Å². The number of ether oxygens (including phenoxy) is 1. The molecule has 6 nitrogen and oxygen atoms in total. The number of hydrogen-bond acceptors (Lipinski definition) is 4. The number of aromatic nitrogens is 1. The Balaban J connectivity index is 1.87. The summed E-state index contributed by atoms with van der Waals surface area (Å²) < 4.78 is 12.9. The predicted molar refractivity (Wildman–Crippen MR) is 83.4 cm³/mol. The Bertz CT molecular complexity index is 734. The van der Waals surface area contributed by atoms with E-state index >= 15 is 0 Å². The fourth-order valence-electron chi connectivity index (χ4n) is 2.93. The molecule has 1 fully saturated rings. The lowest BCUT2D eigenvalue weighted by Gasteiger charge is -2.19. The minimum atomic E-state index is -0.302. The van der Waals surface area contributed by atoms with E-state index in [0.717, 1.165) is 19.4 Å². The van der Waals surface area contributed by atoms with Crippen LogP contribution < -0.4 is 5.32 Å². The van der Waals surface area contributed by atoms with Crippen molar-refractivity contribution in [2.75, 3.05) is 6.61 Å². The Kier molecular flexibility index (Phi) is 4.22. The quantitative estimate of drug-likeness (QED) is 0.940. The number of nitrogens with zero attached hydrogens (tertiary/aromatic N) is 2. The van der Waals surface area contributed by atoms with Gasteiger partial charge in [0.2, 0.25) is 5.88 Å². The molecular weight excluding hydrogens is 294 g/mol. The molecule has 1 amide bonds. The van der Waals surface area contributed by atoms with Gasteiger partial charge in [-0.1, -0.05) is 0 Å². The standard InChI is InChI=1S/C17H19N3O3/c1-11(14-6-5-9-22-14)19-16(21)15-12(2)23-17(13(15)10-18)20-7-3-4-8-20/h3-4,7-8,11,14H,5-6,9H2,1-2H3,(H,19,21). The Hall–Kier alpha value is -2.52. The van der Waals surface area contributed by atoms with Gasteiger partial charge in [0.05, 0.1) is 12.1 Å². The number of amides is 1. The van der Waals surface area contributed by atoms with E-state index in [1.165, 1.54) is 0 Å². The molecule has 1 saturated heterocycles. The first kappa shape index (κ1) is 15.4. The highest BCUT2D eigenvalue weighted by Crippen LogP contribution is 2.26. The van der Waals surface area contributed by atoms with Crippen molar-refractivity contribution in [3.63, 3.8) is 0 Å². The molecule has 0 spiro atoms. The van der Waals surface area contributed by atoms with Gasteiger partial charge in [-0.05, 0) is 38.8 Å². The minimum absolute atomic E-state index is 0.0283. The van der Waals surface area contributed by atoms with Gasteiger partial charge in [-0.15, -0.1) is 0 Å². The van der Waals surface area contributed by atoms with Gasteiger partial charge in [0, 0.05) is 19.0 Å². The number of carbonyl (C=O) groups is 1. The van der Waals surface area contributed by atoms with Crippen LogP contribution in [0.4, 0.5) is 0 Å². The fourth-order valence-corrected chi connectivity index (χ4v) is 2.93. The van der Waals surface area contributed by atoms with Gasteiger partial charge in [-0.2, -0.15) is 5.26 Å². The van der Waals surface area contributed by atoms with Crippen LogP contribution in [0.25, 0.3) is 5.88 Å². The zero-order valence-electron chi connectivity index (χ0n) is 13.2. The summed E-state index contributed by atoms with van der Waals surface area (Å²) in [5.74, 6) is 0.497. The van der Waals surface area contributed by atoms with Crippen molar-refractivity contribution in [3.8, 4) is 12.0 Å². The molecule has 0 saturated carbocycles. The molecule has 3 rings (SSSR count). The lowest BCUT2D eigenvalue weighted by Crippen LogP contribution is -2.41. The second-order valence-electron chi connectivity index (χ2n) is 5.73. The molecule has 3 heterocycles. The number of carbonyl (C=O) groups excluding carboxylic acids is 1. The fraction of sp³-hybridized carbons (Fsp3) is 0.412. The van der Waals surface area contributed by atoms with Gasteiger partial charge in [0.1, 0.15) is 23.0 Å². The maximum atomic E-state index is 12.6. The van der Waals surface area contributed by atoms with Crippen LogP contribution in [-0.2, 0) is 4.74 Å².